The molecule has 1 saturated heterocycles. The molecule has 6 nitrogen and oxygen atoms in total. The van der Waals surface area contributed by atoms with Gasteiger partial charge in [-0.25, -0.2) is 15.0 Å². The monoisotopic (exact) mass is 309 g/mol. The van der Waals surface area contributed by atoms with Crippen molar-refractivity contribution in [2.24, 2.45) is 5.92 Å². The highest BCUT2D eigenvalue weighted by molar-refractivity contribution is 5.54. The summed E-state index contributed by atoms with van der Waals surface area (Å²) in [6, 6.07) is 8.16. The normalized spacial score (nSPS) is 15.2. The Kier molecular flexibility index (Phi) is 4.67. The molecule has 0 saturated carbocycles. The van der Waals surface area contributed by atoms with Crippen LogP contribution in [0.4, 0.5) is 5.82 Å². The number of nitrogens with zero attached hydrogens (tertiary/aromatic N) is 5. The summed E-state index contributed by atoms with van der Waals surface area (Å²) in [5.74, 6) is 1.28. The molecule has 1 aliphatic heterocycles. The molecule has 3 rings (SSSR count). The Morgan fingerprint density at radius 3 is 2.70 bits per heavy atom. The molecule has 6 heteroatoms. The molecule has 2 aromatic rings. The first-order valence-corrected chi connectivity index (χ1v) is 7.79. The third-order valence-corrected chi connectivity index (χ3v) is 4.04. The zero-order valence-corrected chi connectivity index (χ0v) is 13.1. The predicted octanol–water partition coefficient (Wildman–Crippen LogP) is 2.35. The number of anilines is 1. The van der Waals surface area contributed by atoms with Crippen molar-refractivity contribution < 1.29 is 4.74 Å². The SMILES string of the molecule is Cc1ccc(C#N)c(N2CCC(COc3ncccn3)CC2)n1. The lowest BCUT2D eigenvalue weighted by atomic mass is 9.97. The van der Waals surface area contributed by atoms with E-state index in [0.717, 1.165) is 37.4 Å². The van der Waals surface area contributed by atoms with Gasteiger partial charge in [-0.15, -0.1) is 0 Å². The van der Waals surface area contributed by atoms with Crippen molar-refractivity contribution in [2.45, 2.75) is 19.8 Å². The van der Waals surface area contributed by atoms with Crippen molar-refractivity contribution in [1.82, 2.24) is 15.0 Å². The fraction of sp³-hybridized carbons (Fsp3) is 0.412. The van der Waals surface area contributed by atoms with Crippen molar-refractivity contribution in [2.75, 3.05) is 24.6 Å². The van der Waals surface area contributed by atoms with Crippen molar-refractivity contribution >= 4 is 5.82 Å². The van der Waals surface area contributed by atoms with E-state index < -0.39 is 0 Å². The van der Waals surface area contributed by atoms with Crippen molar-refractivity contribution in [1.29, 1.82) is 5.26 Å². The number of piperidine rings is 1. The van der Waals surface area contributed by atoms with Crippen LogP contribution in [-0.2, 0) is 0 Å². The van der Waals surface area contributed by atoms with Crippen LogP contribution in [-0.4, -0.2) is 34.6 Å². The molecular formula is C17H19N5O. The third-order valence-electron chi connectivity index (χ3n) is 4.04. The van der Waals surface area contributed by atoms with E-state index in [1.165, 1.54) is 0 Å². The molecule has 118 valence electrons. The molecule has 0 N–H and O–H groups in total. The highest BCUT2D eigenvalue weighted by Gasteiger charge is 2.22. The molecule has 2 aromatic heterocycles. The fourth-order valence-electron chi connectivity index (χ4n) is 2.74. The molecule has 0 unspecified atom stereocenters. The van der Waals surface area contributed by atoms with E-state index in [1.807, 2.05) is 19.1 Å². The Morgan fingerprint density at radius 1 is 1.26 bits per heavy atom. The van der Waals surface area contributed by atoms with E-state index >= 15 is 0 Å². The number of aryl methyl sites for hydroxylation is 1. The lowest BCUT2D eigenvalue weighted by molar-refractivity contribution is 0.208. The van der Waals surface area contributed by atoms with Crippen molar-refractivity contribution in [3.8, 4) is 12.1 Å². The van der Waals surface area contributed by atoms with Gasteiger partial charge in [-0.1, -0.05) is 0 Å². The topological polar surface area (TPSA) is 74.9 Å². The number of rotatable bonds is 4. The van der Waals surface area contributed by atoms with Crippen LogP contribution in [0.3, 0.4) is 0 Å². The van der Waals surface area contributed by atoms with E-state index in [-0.39, 0.29) is 0 Å². The van der Waals surface area contributed by atoms with Gasteiger partial charge in [-0.3, -0.25) is 0 Å². The van der Waals surface area contributed by atoms with Gasteiger partial charge in [-0.2, -0.15) is 5.26 Å². The molecule has 3 heterocycles. The van der Waals surface area contributed by atoms with Gasteiger partial charge >= 0.3 is 6.01 Å². The largest absolute Gasteiger partial charge is 0.463 e. The standard InChI is InChI=1S/C17H19N5O/c1-13-3-4-15(11-18)16(21-13)22-9-5-14(6-10-22)12-23-17-19-7-2-8-20-17/h2-4,7-8,14H,5-6,9-10,12H2,1H3. The molecule has 0 spiro atoms. The van der Waals surface area contributed by atoms with Crippen LogP contribution in [0.5, 0.6) is 6.01 Å². The maximum atomic E-state index is 9.25. The van der Waals surface area contributed by atoms with Gasteiger partial charge in [0.25, 0.3) is 0 Å². The molecule has 0 amide bonds. The molecule has 0 aliphatic carbocycles. The van der Waals surface area contributed by atoms with Crippen LogP contribution in [0.25, 0.3) is 0 Å². The highest BCUT2D eigenvalue weighted by atomic mass is 16.5. The van der Waals surface area contributed by atoms with Gasteiger partial charge in [-0.05, 0) is 43.9 Å². The summed E-state index contributed by atoms with van der Waals surface area (Å²) in [6.45, 7) is 4.35. The van der Waals surface area contributed by atoms with E-state index in [9.17, 15) is 5.26 Å². The summed E-state index contributed by atoms with van der Waals surface area (Å²) in [5, 5.41) is 9.25. The fourth-order valence-corrected chi connectivity index (χ4v) is 2.74. The Morgan fingerprint density at radius 2 is 2.00 bits per heavy atom. The maximum absolute atomic E-state index is 9.25. The lowest BCUT2D eigenvalue weighted by Crippen LogP contribution is -2.36. The van der Waals surface area contributed by atoms with Crippen LogP contribution in [0.2, 0.25) is 0 Å². The number of nitriles is 1. The molecule has 0 atom stereocenters. The second-order valence-electron chi connectivity index (χ2n) is 5.71. The van der Waals surface area contributed by atoms with Gasteiger partial charge in [0.2, 0.25) is 0 Å². The smallest absolute Gasteiger partial charge is 0.316 e. The molecule has 0 bridgehead atoms. The zero-order chi connectivity index (χ0) is 16.1. The average molecular weight is 309 g/mol. The van der Waals surface area contributed by atoms with E-state index in [2.05, 4.69) is 25.9 Å². The van der Waals surface area contributed by atoms with Crippen molar-refractivity contribution in [3.05, 3.63) is 41.9 Å². The van der Waals surface area contributed by atoms with E-state index in [4.69, 9.17) is 4.74 Å². The molecular weight excluding hydrogens is 290 g/mol. The Hall–Kier alpha value is -2.68. The summed E-state index contributed by atoms with van der Waals surface area (Å²) in [4.78, 5) is 14.9. The first-order chi connectivity index (χ1) is 11.3. The highest BCUT2D eigenvalue weighted by Crippen LogP contribution is 2.25. The summed E-state index contributed by atoms with van der Waals surface area (Å²) in [7, 11) is 0. The Bertz CT molecular complexity index is 690. The van der Waals surface area contributed by atoms with Gasteiger partial charge in [0.05, 0.1) is 12.2 Å². The minimum absolute atomic E-state index is 0.432. The van der Waals surface area contributed by atoms with Crippen LogP contribution < -0.4 is 9.64 Å². The summed E-state index contributed by atoms with van der Waals surface area (Å²) >= 11 is 0. The molecule has 1 aliphatic rings. The quantitative estimate of drug-likeness (QED) is 0.863. The Balaban J connectivity index is 1.56. The van der Waals surface area contributed by atoms with Crippen LogP contribution in [0.1, 0.15) is 24.1 Å². The van der Waals surface area contributed by atoms with Gasteiger partial charge in [0.15, 0.2) is 0 Å². The summed E-state index contributed by atoms with van der Waals surface area (Å²) in [5.41, 5.74) is 1.58. The predicted molar refractivity (Wildman–Crippen MR) is 86.2 cm³/mol. The number of hydrogen-bond acceptors (Lipinski definition) is 6. The van der Waals surface area contributed by atoms with E-state index in [1.54, 1.807) is 18.5 Å². The number of hydrogen-bond donors (Lipinski definition) is 0. The zero-order valence-electron chi connectivity index (χ0n) is 13.1. The second-order valence-corrected chi connectivity index (χ2v) is 5.71. The maximum Gasteiger partial charge on any atom is 0.316 e. The van der Waals surface area contributed by atoms with E-state index in [0.29, 0.717) is 24.1 Å². The number of pyridine rings is 1. The minimum atomic E-state index is 0.432. The molecule has 23 heavy (non-hydrogen) atoms. The minimum Gasteiger partial charge on any atom is -0.463 e. The average Bonchev–Trinajstić information content (AvgIpc) is 2.61. The van der Waals surface area contributed by atoms with Gasteiger partial charge in [0.1, 0.15) is 11.9 Å². The molecule has 0 radical (unpaired) electrons. The van der Waals surface area contributed by atoms with Crippen LogP contribution in [0.15, 0.2) is 30.6 Å². The first-order valence-electron chi connectivity index (χ1n) is 7.79. The first kappa shape index (κ1) is 15.2. The van der Waals surface area contributed by atoms with Crippen LogP contribution >= 0.6 is 0 Å². The summed E-state index contributed by atoms with van der Waals surface area (Å²) < 4.78 is 5.64. The number of aromatic nitrogens is 3. The van der Waals surface area contributed by atoms with Crippen LogP contribution in [0, 0.1) is 24.2 Å². The van der Waals surface area contributed by atoms with Gasteiger partial charge in [0, 0.05) is 31.2 Å². The Labute approximate surface area is 135 Å². The molecule has 0 aromatic carbocycles. The summed E-state index contributed by atoms with van der Waals surface area (Å²) in [6.07, 6.45) is 5.37. The lowest BCUT2D eigenvalue weighted by Gasteiger charge is -2.33. The van der Waals surface area contributed by atoms with Gasteiger partial charge < -0.3 is 9.64 Å². The number of ether oxygens (including phenoxy) is 1. The third kappa shape index (κ3) is 3.75. The molecule has 1 fully saturated rings. The van der Waals surface area contributed by atoms with Crippen molar-refractivity contribution in [3.63, 3.8) is 0 Å². The second kappa shape index (κ2) is 7.05.